The predicted molar refractivity (Wildman–Crippen MR) is 133 cm³/mol. The molecule has 10 nitrogen and oxygen atoms in total. The second-order valence-corrected chi connectivity index (χ2v) is 9.75. The third kappa shape index (κ3) is 4.23. The molecule has 2 aliphatic heterocycles. The Kier molecular flexibility index (Phi) is 5.61. The van der Waals surface area contributed by atoms with Crippen LogP contribution in [0.3, 0.4) is 0 Å². The van der Waals surface area contributed by atoms with Crippen LogP contribution in [-0.4, -0.2) is 48.9 Å². The van der Waals surface area contributed by atoms with Crippen LogP contribution in [0.15, 0.2) is 42.3 Å². The van der Waals surface area contributed by atoms with Crippen molar-refractivity contribution in [2.45, 2.75) is 39.4 Å². The molecule has 1 N–H and O–H groups in total. The molecule has 178 valence electrons. The third-order valence-electron chi connectivity index (χ3n) is 6.46. The number of pyridine rings is 1. The van der Waals surface area contributed by atoms with Crippen LogP contribution in [-0.2, 0) is 26.1 Å². The minimum Gasteiger partial charge on any atom is -0.350 e. The quantitative estimate of drug-likeness (QED) is 0.458. The fraction of sp³-hybridized carbons (Fsp3) is 0.333. The van der Waals surface area contributed by atoms with Gasteiger partial charge in [-0.25, -0.2) is 4.68 Å². The summed E-state index contributed by atoms with van der Waals surface area (Å²) in [6.07, 6.45) is 7.47. The number of carbonyl (C=O) groups excluding carboxylic acids is 1. The van der Waals surface area contributed by atoms with Crippen LogP contribution in [0.4, 0.5) is 17.3 Å². The molecular formula is C24H25N9OS. The molecule has 0 radical (unpaired) electrons. The minimum absolute atomic E-state index is 0.237. The second-order valence-electron chi connectivity index (χ2n) is 8.78. The fourth-order valence-corrected chi connectivity index (χ4v) is 5.25. The summed E-state index contributed by atoms with van der Waals surface area (Å²) in [7, 11) is 0. The SMILES string of the molecule is Cc1cc(C(=O)NCc2cncs2)nnc1N1CCc2ncc(N3CCCn4nccc43)cc2C1. The highest BCUT2D eigenvalue weighted by atomic mass is 32.1. The van der Waals surface area contributed by atoms with Gasteiger partial charge in [-0.05, 0) is 36.6 Å². The number of aromatic nitrogens is 6. The van der Waals surface area contributed by atoms with Crippen molar-refractivity contribution in [1.82, 2.24) is 35.3 Å². The summed E-state index contributed by atoms with van der Waals surface area (Å²) in [5, 5.41) is 16.0. The Morgan fingerprint density at radius 3 is 2.97 bits per heavy atom. The van der Waals surface area contributed by atoms with E-state index in [9.17, 15) is 4.79 Å². The Morgan fingerprint density at radius 2 is 2.11 bits per heavy atom. The van der Waals surface area contributed by atoms with Crippen LogP contribution in [0, 0.1) is 6.92 Å². The number of nitrogens with zero attached hydrogens (tertiary/aromatic N) is 8. The van der Waals surface area contributed by atoms with E-state index in [0.717, 1.165) is 65.9 Å². The number of nitrogens with one attached hydrogen (secondary N) is 1. The first-order valence-electron chi connectivity index (χ1n) is 11.7. The predicted octanol–water partition coefficient (Wildman–Crippen LogP) is 2.87. The molecule has 4 aromatic rings. The molecule has 6 rings (SSSR count). The Hall–Kier alpha value is -3.86. The number of aryl methyl sites for hydroxylation is 2. The molecule has 0 unspecified atom stereocenters. The maximum atomic E-state index is 12.5. The Labute approximate surface area is 206 Å². The monoisotopic (exact) mass is 487 g/mol. The normalized spacial score (nSPS) is 15.0. The standard InChI is InChI=1S/C24H25N9OS/c1-16-9-21(24(34)27-13-19-12-25-15-35-19)29-30-23(16)31-8-4-20-17(14-31)10-18(11-26-20)32-6-2-7-33-22(32)3-5-28-33/h3,5,9-12,15H,2,4,6-8,13-14H2,1H3,(H,27,34). The van der Waals surface area contributed by atoms with Gasteiger partial charge in [0.25, 0.3) is 5.91 Å². The van der Waals surface area contributed by atoms with Gasteiger partial charge in [0.2, 0.25) is 0 Å². The Morgan fingerprint density at radius 1 is 1.17 bits per heavy atom. The number of hydrogen-bond acceptors (Lipinski definition) is 9. The highest BCUT2D eigenvalue weighted by Gasteiger charge is 2.24. The van der Waals surface area contributed by atoms with Crippen molar-refractivity contribution < 1.29 is 4.79 Å². The van der Waals surface area contributed by atoms with Gasteiger partial charge in [0.15, 0.2) is 11.5 Å². The molecule has 0 bridgehead atoms. The molecular weight excluding hydrogens is 462 g/mol. The lowest BCUT2D eigenvalue weighted by atomic mass is 10.0. The molecule has 11 heteroatoms. The number of carbonyl (C=O) groups is 1. The van der Waals surface area contributed by atoms with Gasteiger partial charge in [-0.3, -0.25) is 14.8 Å². The summed E-state index contributed by atoms with van der Waals surface area (Å²) in [5.74, 6) is 1.67. The Bertz CT molecular complexity index is 1370. The van der Waals surface area contributed by atoms with E-state index < -0.39 is 0 Å². The third-order valence-corrected chi connectivity index (χ3v) is 7.24. The zero-order valence-electron chi connectivity index (χ0n) is 19.4. The summed E-state index contributed by atoms with van der Waals surface area (Å²) in [6, 6.07) is 6.10. The average molecular weight is 488 g/mol. The smallest absolute Gasteiger partial charge is 0.272 e. The van der Waals surface area contributed by atoms with Crippen LogP contribution in [0.25, 0.3) is 0 Å². The molecule has 0 aliphatic carbocycles. The highest BCUT2D eigenvalue weighted by molar-refractivity contribution is 7.09. The number of anilines is 3. The van der Waals surface area contributed by atoms with Crippen molar-refractivity contribution >= 4 is 34.6 Å². The average Bonchev–Trinajstić information content (AvgIpc) is 3.58. The molecule has 2 aliphatic rings. The van der Waals surface area contributed by atoms with Gasteiger partial charge < -0.3 is 15.1 Å². The van der Waals surface area contributed by atoms with E-state index in [2.05, 4.69) is 47.5 Å². The lowest BCUT2D eigenvalue weighted by molar-refractivity contribution is 0.0945. The highest BCUT2D eigenvalue weighted by Crippen LogP contribution is 2.32. The molecule has 0 spiro atoms. The Balaban J connectivity index is 1.19. The van der Waals surface area contributed by atoms with E-state index in [-0.39, 0.29) is 5.91 Å². The van der Waals surface area contributed by atoms with Gasteiger partial charge in [0, 0.05) is 55.4 Å². The number of fused-ring (bicyclic) bond motifs is 2. The van der Waals surface area contributed by atoms with Crippen LogP contribution in [0.5, 0.6) is 0 Å². The maximum absolute atomic E-state index is 12.5. The number of thiazole rings is 1. The van der Waals surface area contributed by atoms with E-state index in [0.29, 0.717) is 18.8 Å². The van der Waals surface area contributed by atoms with E-state index >= 15 is 0 Å². The number of rotatable bonds is 5. The van der Waals surface area contributed by atoms with Gasteiger partial charge in [-0.15, -0.1) is 21.5 Å². The lowest BCUT2D eigenvalue weighted by Gasteiger charge is -2.33. The van der Waals surface area contributed by atoms with E-state index in [1.807, 2.05) is 30.1 Å². The van der Waals surface area contributed by atoms with Crippen LogP contribution < -0.4 is 15.1 Å². The first kappa shape index (κ1) is 21.7. The largest absolute Gasteiger partial charge is 0.350 e. The fourth-order valence-electron chi connectivity index (χ4n) is 4.71. The van der Waals surface area contributed by atoms with E-state index in [1.54, 1.807) is 11.7 Å². The summed E-state index contributed by atoms with van der Waals surface area (Å²) < 4.78 is 2.04. The first-order chi connectivity index (χ1) is 17.2. The zero-order valence-corrected chi connectivity index (χ0v) is 20.2. The molecule has 35 heavy (non-hydrogen) atoms. The van der Waals surface area contributed by atoms with Crippen molar-refractivity contribution in [2.75, 3.05) is 22.9 Å². The van der Waals surface area contributed by atoms with Crippen LogP contribution in [0.2, 0.25) is 0 Å². The topological polar surface area (TPSA) is 105 Å². The van der Waals surface area contributed by atoms with Crippen LogP contribution in [0.1, 0.15) is 38.6 Å². The van der Waals surface area contributed by atoms with Gasteiger partial charge >= 0.3 is 0 Å². The van der Waals surface area contributed by atoms with Crippen molar-refractivity contribution in [1.29, 1.82) is 0 Å². The summed E-state index contributed by atoms with van der Waals surface area (Å²) >= 11 is 1.51. The van der Waals surface area contributed by atoms with E-state index in [4.69, 9.17) is 4.98 Å². The van der Waals surface area contributed by atoms with Crippen molar-refractivity contribution in [2.24, 2.45) is 0 Å². The number of amides is 1. The van der Waals surface area contributed by atoms with Gasteiger partial charge in [-0.1, -0.05) is 0 Å². The minimum atomic E-state index is -0.237. The van der Waals surface area contributed by atoms with Crippen molar-refractivity contribution in [3.8, 4) is 0 Å². The van der Waals surface area contributed by atoms with E-state index in [1.165, 1.54) is 16.9 Å². The summed E-state index contributed by atoms with van der Waals surface area (Å²) in [4.78, 5) is 26.9. The molecule has 0 saturated heterocycles. The lowest BCUT2D eigenvalue weighted by Crippen LogP contribution is -2.33. The van der Waals surface area contributed by atoms with Crippen LogP contribution >= 0.6 is 11.3 Å². The first-order valence-corrected chi connectivity index (χ1v) is 12.6. The second kappa shape index (κ2) is 9.06. The van der Waals surface area contributed by atoms with Gasteiger partial charge in [0.1, 0.15) is 5.82 Å². The molecule has 0 atom stereocenters. The molecule has 0 fully saturated rings. The molecule has 1 amide bonds. The summed E-state index contributed by atoms with van der Waals surface area (Å²) in [6.45, 7) is 5.82. The van der Waals surface area contributed by atoms with Gasteiger partial charge in [-0.2, -0.15) is 5.10 Å². The molecule has 0 saturated carbocycles. The molecule has 4 aromatic heterocycles. The maximum Gasteiger partial charge on any atom is 0.272 e. The zero-order chi connectivity index (χ0) is 23.8. The van der Waals surface area contributed by atoms with Crippen molar-refractivity contribution in [3.63, 3.8) is 0 Å². The molecule has 6 heterocycles. The van der Waals surface area contributed by atoms with Gasteiger partial charge in [0.05, 0.1) is 30.1 Å². The molecule has 0 aromatic carbocycles. The summed E-state index contributed by atoms with van der Waals surface area (Å²) in [5.41, 5.74) is 6.40. The van der Waals surface area contributed by atoms with Crippen molar-refractivity contribution in [3.05, 3.63) is 69.7 Å². The number of hydrogen-bond donors (Lipinski definition) is 1.